The summed E-state index contributed by atoms with van der Waals surface area (Å²) in [6.45, 7) is 11.5. The molecule has 0 aromatic heterocycles. The van der Waals surface area contributed by atoms with E-state index in [9.17, 15) is 0 Å². The Morgan fingerprint density at radius 2 is 1.54 bits per heavy atom. The Labute approximate surface area is 177 Å². The van der Waals surface area contributed by atoms with Crippen LogP contribution < -0.4 is 4.74 Å². The van der Waals surface area contributed by atoms with Crippen molar-refractivity contribution < 1.29 is 9.16 Å². The normalized spacial score (nSPS) is 16.2. The molecule has 1 atom stereocenters. The van der Waals surface area contributed by atoms with Gasteiger partial charge in [-0.3, -0.25) is 0 Å². The van der Waals surface area contributed by atoms with Crippen LogP contribution in [0.3, 0.4) is 0 Å². The maximum atomic E-state index is 7.03. The summed E-state index contributed by atoms with van der Waals surface area (Å²) in [7, 11) is -0.238. The third-order valence-corrected chi connectivity index (χ3v) is 11.6. The van der Waals surface area contributed by atoms with E-state index < -0.39 is 8.32 Å². The predicted molar refractivity (Wildman–Crippen MR) is 124 cm³/mol. The molecular weight excluding hydrogens is 428 g/mol. The topological polar surface area (TPSA) is 18.5 Å². The van der Waals surface area contributed by atoms with Gasteiger partial charge in [0.1, 0.15) is 5.75 Å². The second-order valence-corrected chi connectivity index (χ2v) is 14.6. The molecule has 0 N–H and O–H groups in total. The first-order chi connectivity index (χ1) is 13.2. The van der Waals surface area contributed by atoms with Crippen LogP contribution in [0.4, 0.5) is 0 Å². The Morgan fingerprint density at radius 3 is 2.18 bits per heavy atom. The lowest BCUT2D eigenvalue weighted by Gasteiger charge is -2.39. The van der Waals surface area contributed by atoms with E-state index in [1.54, 1.807) is 7.11 Å². The minimum absolute atomic E-state index is 0.0704. The van der Waals surface area contributed by atoms with Crippen LogP contribution in [0.15, 0.2) is 53.0 Å². The average Bonchev–Trinajstić information content (AvgIpc) is 2.96. The van der Waals surface area contributed by atoms with Crippen molar-refractivity contribution >= 4 is 35.0 Å². The first kappa shape index (κ1) is 19.7. The molecular formula is C24H27BrO2Si. The second kappa shape index (κ2) is 6.72. The van der Waals surface area contributed by atoms with Crippen molar-refractivity contribution in [3.8, 4) is 16.9 Å². The van der Waals surface area contributed by atoms with Gasteiger partial charge in [-0.15, -0.1) is 0 Å². The molecule has 0 spiro atoms. The summed E-state index contributed by atoms with van der Waals surface area (Å²) in [5.41, 5.74) is 4.85. The first-order valence-electron chi connectivity index (χ1n) is 9.72. The van der Waals surface area contributed by atoms with E-state index in [-0.39, 0.29) is 11.1 Å². The molecule has 4 heteroatoms. The minimum atomic E-state index is -1.99. The molecule has 4 rings (SSSR count). The Balaban J connectivity index is 2.06. The molecule has 2 nitrogen and oxygen atoms in total. The lowest BCUT2D eigenvalue weighted by molar-refractivity contribution is 0.227. The second-order valence-electron chi connectivity index (χ2n) is 9.03. The monoisotopic (exact) mass is 454 g/mol. The summed E-state index contributed by atoms with van der Waals surface area (Å²) < 4.78 is 13.9. The molecule has 1 unspecified atom stereocenters. The SMILES string of the molecule is COc1c2c(c3ccccc3c1Br)C(O[Si](C)(C)C(C)(C)C)c1ccccc1-2. The molecule has 0 saturated carbocycles. The number of ether oxygens (including phenoxy) is 1. The fourth-order valence-corrected chi connectivity index (χ4v) is 5.73. The van der Waals surface area contributed by atoms with Gasteiger partial charge < -0.3 is 9.16 Å². The third kappa shape index (κ3) is 2.85. The Kier molecular flexibility index (Phi) is 4.72. The lowest BCUT2D eigenvalue weighted by atomic mass is 9.97. The summed E-state index contributed by atoms with van der Waals surface area (Å²) in [6.07, 6.45) is -0.0704. The molecule has 0 radical (unpaired) electrons. The van der Waals surface area contributed by atoms with Crippen LogP contribution in [0.2, 0.25) is 18.1 Å². The van der Waals surface area contributed by atoms with Gasteiger partial charge in [0, 0.05) is 16.5 Å². The number of methoxy groups -OCH3 is 1. The zero-order valence-corrected chi connectivity index (χ0v) is 20.0. The summed E-state index contributed by atoms with van der Waals surface area (Å²) in [5, 5.41) is 2.53. The number of halogens is 1. The first-order valence-corrected chi connectivity index (χ1v) is 13.4. The predicted octanol–water partition coefficient (Wildman–Crippen LogP) is 7.70. The van der Waals surface area contributed by atoms with Gasteiger partial charge in [0.2, 0.25) is 0 Å². The van der Waals surface area contributed by atoms with Crippen LogP contribution in [0.25, 0.3) is 21.9 Å². The van der Waals surface area contributed by atoms with Gasteiger partial charge in [0.25, 0.3) is 0 Å². The lowest BCUT2D eigenvalue weighted by Crippen LogP contribution is -2.41. The molecule has 1 aliphatic carbocycles. The fourth-order valence-electron chi connectivity index (χ4n) is 3.83. The minimum Gasteiger partial charge on any atom is -0.495 e. The maximum Gasteiger partial charge on any atom is 0.193 e. The highest BCUT2D eigenvalue weighted by Gasteiger charge is 2.43. The van der Waals surface area contributed by atoms with Crippen molar-refractivity contribution in [3.63, 3.8) is 0 Å². The zero-order valence-electron chi connectivity index (χ0n) is 17.4. The quantitative estimate of drug-likeness (QED) is 0.377. The zero-order chi connectivity index (χ0) is 20.3. The Hall–Kier alpha value is -1.62. The highest BCUT2D eigenvalue weighted by atomic mass is 79.9. The summed E-state index contributed by atoms with van der Waals surface area (Å²) in [4.78, 5) is 0. The van der Waals surface area contributed by atoms with Gasteiger partial charge in [-0.1, -0.05) is 69.3 Å². The smallest absolute Gasteiger partial charge is 0.193 e. The van der Waals surface area contributed by atoms with E-state index in [0.717, 1.165) is 21.2 Å². The van der Waals surface area contributed by atoms with Gasteiger partial charge in [-0.05, 0) is 50.6 Å². The van der Waals surface area contributed by atoms with E-state index in [1.165, 1.54) is 22.1 Å². The summed E-state index contributed by atoms with van der Waals surface area (Å²) in [6, 6.07) is 17.1. The van der Waals surface area contributed by atoms with Gasteiger partial charge in [0.05, 0.1) is 17.7 Å². The summed E-state index contributed by atoms with van der Waals surface area (Å²) >= 11 is 3.80. The van der Waals surface area contributed by atoms with E-state index in [4.69, 9.17) is 9.16 Å². The van der Waals surface area contributed by atoms with Crippen LogP contribution in [0, 0.1) is 0 Å². The number of benzene rings is 3. The molecule has 0 amide bonds. The van der Waals surface area contributed by atoms with Crippen LogP contribution in [-0.4, -0.2) is 15.4 Å². The Morgan fingerprint density at radius 1 is 0.929 bits per heavy atom. The molecule has 0 aliphatic heterocycles. The van der Waals surface area contributed by atoms with Crippen LogP contribution in [0.1, 0.15) is 38.0 Å². The van der Waals surface area contributed by atoms with Crippen LogP contribution >= 0.6 is 15.9 Å². The average molecular weight is 455 g/mol. The maximum absolute atomic E-state index is 7.03. The van der Waals surface area contributed by atoms with Gasteiger partial charge >= 0.3 is 0 Å². The van der Waals surface area contributed by atoms with E-state index in [0.29, 0.717) is 0 Å². The molecule has 0 heterocycles. The molecule has 0 saturated heterocycles. The van der Waals surface area contributed by atoms with Crippen molar-refractivity contribution in [3.05, 3.63) is 64.1 Å². The van der Waals surface area contributed by atoms with Gasteiger partial charge in [-0.2, -0.15) is 0 Å². The van der Waals surface area contributed by atoms with Crippen molar-refractivity contribution in [1.82, 2.24) is 0 Å². The Bertz CT molecular complexity index is 1070. The third-order valence-electron chi connectivity index (χ3n) is 6.35. The molecule has 28 heavy (non-hydrogen) atoms. The van der Waals surface area contributed by atoms with Crippen molar-refractivity contribution in [1.29, 1.82) is 0 Å². The molecule has 3 aromatic carbocycles. The van der Waals surface area contributed by atoms with Gasteiger partial charge in [-0.25, -0.2) is 0 Å². The molecule has 1 aliphatic rings. The largest absolute Gasteiger partial charge is 0.495 e. The summed E-state index contributed by atoms with van der Waals surface area (Å²) in [5.74, 6) is 0.891. The molecule has 0 bridgehead atoms. The fraction of sp³-hybridized carbons (Fsp3) is 0.333. The number of hydrogen-bond acceptors (Lipinski definition) is 2. The van der Waals surface area contributed by atoms with E-state index in [1.807, 2.05) is 0 Å². The molecule has 146 valence electrons. The van der Waals surface area contributed by atoms with Gasteiger partial charge in [0.15, 0.2) is 8.32 Å². The number of hydrogen-bond donors (Lipinski definition) is 0. The van der Waals surface area contributed by atoms with Crippen LogP contribution in [-0.2, 0) is 4.43 Å². The van der Waals surface area contributed by atoms with E-state index >= 15 is 0 Å². The number of rotatable bonds is 3. The molecule has 3 aromatic rings. The molecule has 0 fully saturated rings. The van der Waals surface area contributed by atoms with Crippen molar-refractivity contribution in [2.45, 2.75) is 45.0 Å². The van der Waals surface area contributed by atoms with Crippen molar-refractivity contribution in [2.24, 2.45) is 0 Å². The van der Waals surface area contributed by atoms with Crippen molar-refractivity contribution in [2.75, 3.05) is 7.11 Å². The standard InChI is InChI=1S/C24H27BrO2Si/c1-24(2,3)28(5,6)27-22-18-14-10-8-12-16(18)20-19(22)15-11-7-9-13-17(15)21(25)23(20)26-4/h7-14,22H,1-6H3. The highest BCUT2D eigenvalue weighted by molar-refractivity contribution is 9.10. The van der Waals surface area contributed by atoms with Crippen LogP contribution in [0.5, 0.6) is 5.75 Å². The highest BCUT2D eigenvalue weighted by Crippen LogP contribution is 2.56. The number of fused-ring (bicyclic) bond motifs is 5. The van der Waals surface area contributed by atoms with E-state index in [2.05, 4.69) is 98.3 Å².